The number of allylic oxidation sites excluding steroid dienone is 1. The third-order valence-electron chi connectivity index (χ3n) is 5.67. The number of nitrogen functional groups attached to an aromatic ring is 1. The second kappa shape index (κ2) is 8.92. The fourth-order valence-electron chi connectivity index (χ4n) is 4.02. The molecule has 2 N–H and O–H groups in total. The molecule has 7 heteroatoms. The number of hydrogen-bond acceptors (Lipinski definition) is 4. The van der Waals surface area contributed by atoms with Crippen LogP contribution < -0.4 is 15.0 Å². The number of halogens is 1. The summed E-state index contributed by atoms with van der Waals surface area (Å²) in [5, 5.41) is 5.11. The Morgan fingerprint density at radius 3 is 2.79 bits per heavy atom. The summed E-state index contributed by atoms with van der Waals surface area (Å²) in [6, 6.07) is 21.9. The van der Waals surface area contributed by atoms with Crippen molar-refractivity contribution in [2.24, 2.45) is 4.99 Å². The highest BCUT2D eigenvalue weighted by Gasteiger charge is 2.30. The molecule has 0 radical (unpaired) electrons. The van der Waals surface area contributed by atoms with E-state index in [0.717, 1.165) is 34.6 Å². The maximum absolute atomic E-state index is 6.35. The second-order valence-corrected chi connectivity index (χ2v) is 8.24. The number of nitrogens with two attached hydrogens (primary N) is 1. The smallest absolute Gasteiger partial charge is 0.223 e. The normalized spacial score (nSPS) is 13.0. The highest BCUT2D eigenvalue weighted by Crippen LogP contribution is 2.27. The van der Waals surface area contributed by atoms with Gasteiger partial charge < -0.3 is 10.5 Å². The van der Waals surface area contributed by atoms with E-state index in [-0.39, 0.29) is 0 Å². The first kappa shape index (κ1) is 21.0. The molecular weight excluding hydrogens is 434 g/mol. The van der Waals surface area contributed by atoms with Crippen LogP contribution in [0.2, 0.25) is 5.02 Å². The summed E-state index contributed by atoms with van der Waals surface area (Å²) < 4.78 is 9.25. The number of methoxy groups -OCH3 is 1. The van der Waals surface area contributed by atoms with Gasteiger partial charge in [-0.3, -0.25) is 4.99 Å². The van der Waals surface area contributed by atoms with Crippen LogP contribution in [0.4, 0.5) is 11.5 Å². The van der Waals surface area contributed by atoms with Crippen LogP contribution in [-0.4, -0.2) is 23.1 Å². The minimum absolute atomic E-state index is 0.515. The number of nitrogens with zero attached hydrogens (tertiary/aromatic N) is 4. The molecule has 0 saturated heterocycles. The monoisotopic (exact) mass is 456 g/mol. The van der Waals surface area contributed by atoms with Crippen LogP contribution in [-0.2, 0) is 13.0 Å². The second-order valence-electron chi connectivity index (χ2n) is 7.80. The van der Waals surface area contributed by atoms with E-state index in [2.05, 4.69) is 40.1 Å². The SMILES string of the molecule is COc1ccc(C2=C(C=Nc3cnn(Cc4cccc(Cl)c4)c3N)Cc3cccc[n+]32)cc1. The third kappa shape index (κ3) is 4.25. The van der Waals surface area contributed by atoms with E-state index in [4.69, 9.17) is 27.1 Å². The number of rotatable bonds is 6. The lowest BCUT2D eigenvalue weighted by Crippen LogP contribution is -2.33. The van der Waals surface area contributed by atoms with Crippen molar-refractivity contribution in [1.29, 1.82) is 0 Å². The van der Waals surface area contributed by atoms with E-state index in [0.29, 0.717) is 23.1 Å². The number of hydrogen-bond donors (Lipinski definition) is 1. The molecule has 4 aromatic rings. The fourth-order valence-corrected chi connectivity index (χ4v) is 4.23. The minimum Gasteiger partial charge on any atom is -0.497 e. The molecule has 0 fully saturated rings. The highest BCUT2D eigenvalue weighted by atomic mass is 35.5. The van der Waals surface area contributed by atoms with Crippen molar-refractivity contribution in [3.05, 3.63) is 107 Å². The van der Waals surface area contributed by atoms with Crippen LogP contribution in [0.5, 0.6) is 5.75 Å². The van der Waals surface area contributed by atoms with Gasteiger partial charge in [0.05, 0.1) is 31.8 Å². The number of fused-ring (bicyclic) bond motifs is 1. The standard InChI is InChI=1S/C26H23ClN5O/c1-33-23-10-8-19(9-11-23)25-20(14-22-7-2-3-12-31(22)25)15-29-24-16-30-32(26(24)28)17-18-5-4-6-21(27)13-18/h2-13,15-16H,14,17,28H2,1H3/q+1. The first-order chi connectivity index (χ1) is 16.1. The van der Waals surface area contributed by atoms with Crippen molar-refractivity contribution in [1.82, 2.24) is 9.78 Å². The maximum Gasteiger partial charge on any atom is 0.223 e. The Balaban J connectivity index is 1.47. The predicted octanol–water partition coefficient (Wildman–Crippen LogP) is 4.68. The summed E-state index contributed by atoms with van der Waals surface area (Å²) in [4.78, 5) is 4.70. The third-order valence-corrected chi connectivity index (χ3v) is 5.90. The van der Waals surface area contributed by atoms with Crippen molar-refractivity contribution < 1.29 is 9.30 Å². The zero-order valence-electron chi connectivity index (χ0n) is 18.1. The molecule has 0 unspecified atom stereocenters. The number of aliphatic imine (C=N–C) groups is 1. The molecule has 164 valence electrons. The number of anilines is 1. The Kier molecular flexibility index (Phi) is 5.67. The number of benzene rings is 2. The summed E-state index contributed by atoms with van der Waals surface area (Å²) in [6.07, 6.45) is 6.44. The van der Waals surface area contributed by atoms with Gasteiger partial charge in [-0.1, -0.05) is 29.8 Å². The molecule has 0 aliphatic carbocycles. The van der Waals surface area contributed by atoms with E-state index < -0.39 is 0 Å². The summed E-state index contributed by atoms with van der Waals surface area (Å²) in [6.45, 7) is 0.531. The van der Waals surface area contributed by atoms with Crippen LogP contribution in [0.15, 0.2) is 89.7 Å². The van der Waals surface area contributed by atoms with Crippen LogP contribution in [0.3, 0.4) is 0 Å². The van der Waals surface area contributed by atoms with E-state index in [1.54, 1.807) is 18.0 Å². The van der Waals surface area contributed by atoms with E-state index in [1.165, 1.54) is 5.69 Å². The van der Waals surface area contributed by atoms with Crippen molar-refractivity contribution in [2.45, 2.75) is 13.0 Å². The van der Waals surface area contributed by atoms with Crippen LogP contribution in [0.25, 0.3) is 5.70 Å². The van der Waals surface area contributed by atoms with E-state index in [9.17, 15) is 0 Å². The fraction of sp³-hybridized carbons (Fsp3) is 0.115. The predicted molar refractivity (Wildman–Crippen MR) is 131 cm³/mol. The average Bonchev–Trinajstić information content (AvgIpc) is 3.38. The van der Waals surface area contributed by atoms with E-state index >= 15 is 0 Å². The number of ether oxygens (including phenoxy) is 1. The van der Waals surface area contributed by atoms with Crippen molar-refractivity contribution in [2.75, 3.05) is 12.8 Å². The van der Waals surface area contributed by atoms with Gasteiger partial charge in [-0.05, 0) is 42.0 Å². The molecule has 2 aromatic heterocycles. The van der Waals surface area contributed by atoms with Gasteiger partial charge in [-0.2, -0.15) is 9.67 Å². The van der Waals surface area contributed by atoms with Crippen LogP contribution >= 0.6 is 11.6 Å². The molecule has 1 aliphatic heterocycles. The summed E-state index contributed by atoms with van der Waals surface area (Å²) in [5.74, 6) is 1.34. The Morgan fingerprint density at radius 1 is 1.15 bits per heavy atom. The zero-order chi connectivity index (χ0) is 22.8. The molecule has 1 aliphatic rings. The van der Waals surface area contributed by atoms with Crippen LogP contribution in [0.1, 0.15) is 16.8 Å². The molecule has 3 heterocycles. The first-order valence-corrected chi connectivity index (χ1v) is 11.0. The number of pyridine rings is 1. The van der Waals surface area contributed by atoms with Crippen molar-refractivity contribution in [3.8, 4) is 5.75 Å². The van der Waals surface area contributed by atoms with Gasteiger partial charge in [0.2, 0.25) is 5.70 Å². The van der Waals surface area contributed by atoms with Gasteiger partial charge in [0.1, 0.15) is 17.3 Å². The summed E-state index contributed by atoms with van der Waals surface area (Å²) in [5.41, 5.74) is 12.5. The summed E-state index contributed by atoms with van der Waals surface area (Å²) >= 11 is 6.10. The van der Waals surface area contributed by atoms with Crippen molar-refractivity contribution >= 4 is 35.0 Å². The number of aromatic nitrogens is 3. The quantitative estimate of drug-likeness (QED) is 0.338. The molecular formula is C26H23ClN5O+. The molecule has 0 amide bonds. The van der Waals surface area contributed by atoms with Gasteiger partial charge in [-0.15, -0.1) is 0 Å². The molecule has 0 bridgehead atoms. The van der Waals surface area contributed by atoms with Gasteiger partial charge in [0.25, 0.3) is 0 Å². The van der Waals surface area contributed by atoms with Gasteiger partial charge in [0, 0.05) is 28.9 Å². The minimum atomic E-state index is 0.515. The Morgan fingerprint density at radius 2 is 2.00 bits per heavy atom. The van der Waals surface area contributed by atoms with Gasteiger partial charge in [-0.25, -0.2) is 4.68 Å². The Labute approximate surface area is 197 Å². The summed E-state index contributed by atoms with van der Waals surface area (Å²) in [7, 11) is 1.67. The Bertz CT molecular complexity index is 1370. The van der Waals surface area contributed by atoms with Gasteiger partial charge in [0.15, 0.2) is 11.9 Å². The molecule has 33 heavy (non-hydrogen) atoms. The van der Waals surface area contributed by atoms with Crippen LogP contribution in [0, 0.1) is 0 Å². The lowest BCUT2D eigenvalue weighted by Gasteiger charge is -2.05. The largest absolute Gasteiger partial charge is 0.497 e. The average molecular weight is 457 g/mol. The zero-order valence-corrected chi connectivity index (χ0v) is 18.9. The molecule has 6 nitrogen and oxygen atoms in total. The topological polar surface area (TPSA) is 69.3 Å². The molecule has 5 rings (SSSR count). The first-order valence-electron chi connectivity index (χ1n) is 10.6. The molecule has 0 atom stereocenters. The maximum atomic E-state index is 6.35. The molecule has 2 aromatic carbocycles. The van der Waals surface area contributed by atoms with E-state index in [1.807, 2.05) is 48.7 Å². The molecule has 0 spiro atoms. The lowest BCUT2D eigenvalue weighted by molar-refractivity contribution is -0.582. The lowest BCUT2D eigenvalue weighted by atomic mass is 10.1. The molecule has 0 saturated carbocycles. The van der Waals surface area contributed by atoms with Crippen molar-refractivity contribution in [3.63, 3.8) is 0 Å². The van der Waals surface area contributed by atoms with Gasteiger partial charge >= 0.3 is 0 Å². The Hall–Kier alpha value is -3.90. The highest BCUT2D eigenvalue weighted by molar-refractivity contribution is 6.30.